The topological polar surface area (TPSA) is 106 Å². The van der Waals surface area contributed by atoms with Gasteiger partial charge in [-0.2, -0.15) is 0 Å². The molecule has 0 bridgehead atoms. The molecule has 212 valence electrons. The van der Waals surface area contributed by atoms with E-state index in [1.807, 2.05) is 18.2 Å². The van der Waals surface area contributed by atoms with Gasteiger partial charge in [0.2, 0.25) is 0 Å². The lowest BCUT2D eigenvalue weighted by atomic mass is 10.1. The fourth-order valence-electron chi connectivity index (χ4n) is 3.80. The lowest BCUT2D eigenvalue weighted by Crippen LogP contribution is -2.49. The Bertz CT molecular complexity index is 1230. The smallest absolute Gasteiger partial charge is 0.407 e. The van der Waals surface area contributed by atoms with Crippen LogP contribution in [0.1, 0.15) is 47.8 Å². The van der Waals surface area contributed by atoms with E-state index in [9.17, 15) is 14.4 Å². The van der Waals surface area contributed by atoms with Gasteiger partial charge < -0.3 is 24.8 Å². The van der Waals surface area contributed by atoms with Crippen LogP contribution >= 0.6 is 0 Å². The standard InChI is InChI=1S/C31H37N3O6/c1-31(2,3)40-30(37)32-21-27(29(36)38-4)33-28(35)26-15-13-24(14-16-26)8-6-5-7-23-9-11-25(12-10-23)22-34-17-19-39-20-18-34/h6,8-16,27H,17-22H2,1-4H3,(H,32,37)(H,33,35)/t27-/m0/s1. The Kier molecular flexibility index (Phi) is 11.3. The van der Waals surface area contributed by atoms with Crippen LogP contribution in [0.25, 0.3) is 6.08 Å². The number of rotatable bonds is 8. The van der Waals surface area contributed by atoms with Crippen molar-refractivity contribution in [2.24, 2.45) is 0 Å². The summed E-state index contributed by atoms with van der Waals surface area (Å²) in [4.78, 5) is 39.1. The summed E-state index contributed by atoms with van der Waals surface area (Å²) in [5.74, 6) is 5.00. The van der Waals surface area contributed by atoms with E-state index in [2.05, 4.69) is 39.5 Å². The van der Waals surface area contributed by atoms with Crippen molar-refractivity contribution in [1.29, 1.82) is 0 Å². The van der Waals surface area contributed by atoms with Crippen LogP contribution in [0.15, 0.2) is 54.6 Å². The van der Waals surface area contributed by atoms with Crippen LogP contribution in [0.2, 0.25) is 0 Å². The number of amides is 2. The highest BCUT2D eigenvalue weighted by atomic mass is 16.6. The minimum Gasteiger partial charge on any atom is -0.467 e. The van der Waals surface area contributed by atoms with Crippen LogP contribution in [-0.4, -0.2) is 74.5 Å². The van der Waals surface area contributed by atoms with Gasteiger partial charge in [0, 0.05) is 30.8 Å². The van der Waals surface area contributed by atoms with Gasteiger partial charge >= 0.3 is 12.1 Å². The van der Waals surface area contributed by atoms with E-state index in [1.165, 1.54) is 12.7 Å². The summed E-state index contributed by atoms with van der Waals surface area (Å²) in [6, 6.07) is 14.0. The van der Waals surface area contributed by atoms with Gasteiger partial charge in [-0.05, 0) is 68.3 Å². The number of nitrogens with one attached hydrogen (secondary N) is 2. The molecule has 2 N–H and O–H groups in total. The van der Waals surface area contributed by atoms with E-state index >= 15 is 0 Å². The maximum absolute atomic E-state index is 12.7. The summed E-state index contributed by atoms with van der Waals surface area (Å²) in [6.45, 7) is 9.41. The normalized spacial score (nSPS) is 14.5. The molecule has 0 aliphatic carbocycles. The van der Waals surface area contributed by atoms with Gasteiger partial charge in [0.15, 0.2) is 0 Å². The van der Waals surface area contributed by atoms with Crippen molar-refractivity contribution < 1.29 is 28.6 Å². The molecule has 1 saturated heterocycles. The van der Waals surface area contributed by atoms with Crippen LogP contribution in [0, 0.1) is 11.8 Å². The molecule has 0 saturated carbocycles. The van der Waals surface area contributed by atoms with E-state index in [0.717, 1.165) is 44.0 Å². The molecule has 40 heavy (non-hydrogen) atoms. The zero-order valence-electron chi connectivity index (χ0n) is 23.5. The zero-order valence-corrected chi connectivity index (χ0v) is 23.5. The first-order valence-electron chi connectivity index (χ1n) is 13.2. The Balaban J connectivity index is 1.51. The van der Waals surface area contributed by atoms with Crippen LogP contribution in [0.4, 0.5) is 4.79 Å². The van der Waals surface area contributed by atoms with Crippen LogP contribution < -0.4 is 10.6 Å². The number of allylic oxidation sites excluding steroid dienone is 1. The maximum Gasteiger partial charge on any atom is 0.407 e. The predicted molar refractivity (Wildman–Crippen MR) is 152 cm³/mol. The van der Waals surface area contributed by atoms with Gasteiger partial charge in [0.25, 0.3) is 5.91 Å². The monoisotopic (exact) mass is 547 g/mol. The molecule has 0 radical (unpaired) electrons. The molecule has 0 aromatic heterocycles. The molecule has 2 aromatic rings. The van der Waals surface area contributed by atoms with Crippen molar-refractivity contribution in [2.75, 3.05) is 40.0 Å². The molecule has 1 atom stereocenters. The van der Waals surface area contributed by atoms with E-state index in [0.29, 0.717) is 5.56 Å². The average Bonchev–Trinajstić information content (AvgIpc) is 2.93. The first-order chi connectivity index (χ1) is 19.1. The SMILES string of the molecule is COC(=O)[C@H](CNC(=O)OC(C)(C)C)NC(=O)c1ccc(C=CC#Cc2ccc(CN3CCOCC3)cc2)cc1. The molecule has 1 aliphatic heterocycles. The summed E-state index contributed by atoms with van der Waals surface area (Å²) < 4.78 is 15.3. The molecule has 2 aromatic carbocycles. The van der Waals surface area contributed by atoms with E-state index < -0.39 is 29.6 Å². The lowest BCUT2D eigenvalue weighted by Gasteiger charge is -2.26. The largest absolute Gasteiger partial charge is 0.467 e. The number of ether oxygens (including phenoxy) is 3. The van der Waals surface area contributed by atoms with Crippen LogP contribution in [-0.2, 0) is 25.5 Å². The number of morpholine rings is 1. The summed E-state index contributed by atoms with van der Waals surface area (Å²) in [6.07, 6.45) is 2.91. The number of hydrogen-bond acceptors (Lipinski definition) is 7. The second-order valence-electron chi connectivity index (χ2n) is 10.2. The minimum absolute atomic E-state index is 0.177. The van der Waals surface area contributed by atoms with E-state index in [-0.39, 0.29) is 6.54 Å². The number of alkyl carbamates (subject to hydrolysis) is 1. The van der Waals surface area contributed by atoms with Crippen molar-refractivity contribution in [3.8, 4) is 11.8 Å². The van der Waals surface area contributed by atoms with Crippen LogP contribution in [0.5, 0.6) is 0 Å². The third kappa shape index (κ3) is 10.6. The summed E-state index contributed by atoms with van der Waals surface area (Å²) in [5, 5.41) is 5.06. The molecule has 0 unspecified atom stereocenters. The molecule has 0 spiro atoms. The highest BCUT2D eigenvalue weighted by molar-refractivity contribution is 5.97. The molecule has 9 nitrogen and oxygen atoms in total. The Morgan fingerprint density at radius 1 is 1.05 bits per heavy atom. The first kappa shape index (κ1) is 30.4. The number of benzene rings is 2. The predicted octanol–water partition coefficient (Wildman–Crippen LogP) is 3.38. The van der Waals surface area contributed by atoms with Crippen molar-refractivity contribution in [3.05, 3.63) is 76.9 Å². The summed E-state index contributed by atoms with van der Waals surface area (Å²) in [5.41, 5.74) is 2.72. The Morgan fingerprint density at radius 3 is 2.35 bits per heavy atom. The Labute approximate surface area is 235 Å². The maximum atomic E-state index is 12.7. The van der Waals surface area contributed by atoms with Gasteiger partial charge in [-0.25, -0.2) is 9.59 Å². The second kappa shape index (κ2) is 14.9. The van der Waals surface area contributed by atoms with Crippen molar-refractivity contribution in [2.45, 2.75) is 39.0 Å². The molecule has 9 heteroatoms. The Hall–Kier alpha value is -4.13. The number of hydrogen-bond donors (Lipinski definition) is 2. The number of carbonyl (C=O) groups is 3. The Morgan fingerprint density at radius 2 is 1.73 bits per heavy atom. The second-order valence-corrected chi connectivity index (χ2v) is 10.2. The molecule has 1 aliphatic rings. The number of carbonyl (C=O) groups excluding carboxylic acids is 3. The van der Waals surface area contributed by atoms with Gasteiger partial charge in [0.05, 0.1) is 26.9 Å². The zero-order chi connectivity index (χ0) is 29.0. The highest BCUT2D eigenvalue weighted by Gasteiger charge is 2.24. The molecule has 1 fully saturated rings. The van der Waals surface area contributed by atoms with Gasteiger partial charge in [-0.3, -0.25) is 9.69 Å². The fourth-order valence-corrected chi connectivity index (χ4v) is 3.80. The summed E-state index contributed by atoms with van der Waals surface area (Å²) >= 11 is 0. The minimum atomic E-state index is -1.08. The third-order valence-corrected chi connectivity index (χ3v) is 5.85. The third-order valence-electron chi connectivity index (χ3n) is 5.85. The van der Waals surface area contributed by atoms with Gasteiger partial charge in [0.1, 0.15) is 11.6 Å². The van der Waals surface area contributed by atoms with Gasteiger partial charge in [-0.15, -0.1) is 0 Å². The quantitative estimate of drug-likeness (QED) is 0.386. The molecule has 1 heterocycles. The molecule has 2 amide bonds. The van der Waals surface area contributed by atoms with Crippen molar-refractivity contribution >= 4 is 24.0 Å². The average molecular weight is 548 g/mol. The van der Waals surface area contributed by atoms with E-state index in [4.69, 9.17) is 14.2 Å². The lowest BCUT2D eigenvalue weighted by molar-refractivity contribution is -0.142. The number of esters is 1. The molecular weight excluding hydrogens is 510 g/mol. The van der Waals surface area contributed by atoms with Crippen LogP contribution in [0.3, 0.4) is 0 Å². The van der Waals surface area contributed by atoms with E-state index in [1.54, 1.807) is 51.1 Å². The van der Waals surface area contributed by atoms with Crippen molar-refractivity contribution in [1.82, 2.24) is 15.5 Å². The molecule has 3 rings (SSSR count). The first-order valence-corrected chi connectivity index (χ1v) is 13.2. The number of methoxy groups -OCH3 is 1. The summed E-state index contributed by atoms with van der Waals surface area (Å²) in [7, 11) is 1.21. The van der Waals surface area contributed by atoms with Gasteiger partial charge in [-0.1, -0.05) is 36.1 Å². The number of nitrogens with zero attached hydrogens (tertiary/aromatic N) is 1. The molecular formula is C31H37N3O6. The van der Waals surface area contributed by atoms with Crippen molar-refractivity contribution in [3.63, 3.8) is 0 Å². The highest BCUT2D eigenvalue weighted by Crippen LogP contribution is 2.10. The fraction of sp³-hybridized carbons (Fsp3) is 0.387.